The van der Waals surface area contributed by atoms with E-state index in [4.69, 9.17) is 6.42 Å². The van der Waals surface area contributed by atoms with Crippen molar-refractivity contribution in [3.05, 3.63) is 41.0 Å². The Morgan fingerprint density at radius 2 is 2.37 bits per heavy atom. The molecule has 1 amide bonds. The number of para-hydroxylation sites is 1. The number of nitrogens with zero attached hydrogens (tertiary/aromatic N) is 3. The Hall–Kier alpha value is -2.65. The van der Waals surface area contributed by atoms with Gasteiger partial charge in [-0.1, -0.05) is 18.6 Å². The molecular formula is C13H8N4OS. The highest BCUT2D eigenvalue weighted by molar-refractivity contribution is 7.07. The Kier molecular flexibility index (Phi) is 2.74. The van der Waals surface area contributed by atoms with Crippen molar-refractivity contribution in [1.29, 1.82) is 0 Å². The summed E-state index contributed by atoms with van der Waals surface area (Å²) in [5.74, 6) is -0.265. The lowest BCUT2D eigenvalue weighted by Crippen LogP contribution is -2.13. The minimum Gasteiger partial charge on any atom is -0.319 e. The number of anilines is 1. The third-order valence-electron chi connectivity index (χ3n) is 2.63. The second kappa shape index (κ2) is 4.55. The minimum absolute atomic E-state index is 0.265. The van der Waals surface area contributed by atoms with E-state index in [0.29, 0.717) is 16.9 Å². The van der Waals surface area contributed by atoms with Crippen molar-refractivity contribution in [3.63, 3.8) is 0 Å². The van der Waals surface area contributed by atoms with Crippen molar-refractivity contribution < 1.29 is 4.79 Å². The first-order chi connectivity index (χ1) is 9.29. The van der Waals surface area contributed by atoms with E-state index in [1.54, 1.807) is 23.2 Å². The van der Waals surface area contributed by atoms with Crippen molar-refractivity contribution in [3.8, 4) is 12.5 Å². The maximum atomic E-state index is 12.0. The molecule has 0 unspecified atom stereocenters. The molecule has 0 atom stereocenters. The second-order valence-corrected chi connectivity index (χ2v) is 4.48. The third kappa shape index (κ3) is 1.96. The second-order valence-electron chi connectivity index (χ2n) is 3.76. The van der Waals surface area contributed by atoms with Crippen molar-refractivity contribution in [1.82, 2.24) is 14.8 Å². The number of benzene rings is 1. The molecule has 0 bridgehead atoms. The van der Waals surface area contributed by atoms with E-state index in [-0.39, 0.29) is 5.91 Å². The van der Waals surface area contributed by atoms with Gasteiger partial charge in [0.05, 0.1) is 17.4 Å². The molecule has 1 aromatic carbocycles. The number of carbonyl (C=O) groups excluding carboxylic acids is 1. The average molecular weight is 268 g/mol. The lowest BCUT2D eigenvalue weighted by atomic mass is 10.2. The fourth-order valence-corrected chi connectivity index (χ4v) is 2.32. The molecule has 0 saturated heterocycles. The molecule has 0 fully saturated rings. The Bertz CT molecular complexity index is 783. The number of rotatable bonds is 2. The van der Waals surface area contributed by atoms with Gasteiger partial charge in [0.15, 0.2) is 0 Å². The van der Waals surface area contributed by atoms with E-state index in [1.165, 1.54) is 16.0 Å². The van der Waals surface area contributed by atoms with Crippen LogP contribution in [0.1, 0.15) is 10.5 Å². The lowest BCUT2D eigenvalue weighted by Gasteiger charge is -2.05. The van der Waals surface area contributed by atoms with Crippen molar-refractivity contribution in [2.24, 2.45) is 0 Å². The van der Waals surface area contributed by atoms with E-state index in [1.807, 2.05) is 12.1 Å². The van der Waals surface area contributed by atoms with E-state index in [2.05, 4.69) is 21.4 Å². The minimum atomic E-state index is -0.265. The first kappa shape index (κ1) is 11.4. The van der Waals surface area contributed by atoms with E-state index in [9.17, 15) is 4.79 Å². The van der Waals surface area contributed by atoms with Gasteiger partial charge >= 0.3 is 0 Å². The highest BCUT2D eigenvalue weighted by Crippen LogP contribution is 2.23. The van der Waals surface area contributed by atoms with Crippen molar-refractivity contribution in [2.45, 2.75) is 0 Å². The van der Waals surface area contributed by atoms with Crippen LogP contribution in [0.15, 0.2) is 35.3 Å². The Morgan fingerprint density at radius 1 is 1.47 bits per heavy atom. The molecule has 19 heavy (non-hydrogen) atoms. The molecular weight excluding hydrogens is 260 g/mol. The molecule has 1 N–H and O–H groups in total. The number of hydrogen-bond acceptors (Lipinski definition) is 4. The highest BCUT2D eigenvalue weighted by Gasteiger charge is 2.12. The summed E-state index contributed by atoms with van der Waals surface area (Å²) in [4.78, 5) is 16.0. The quantitative estimate of drug-likeness (QED) is 0.725. The zero-order valence-corrected chi connectivity index (χ0v) is 10.5. The summed E-state index contributed by atoms with van der Waals surface area (Å²) >= 11 is 1.37. The van der Waals surface area contributed by atoms with Gasteiger partial charge in [-0.3, -0.25) is 4.79 Å². The smallest absolute Gasteiger partial charge is 0.275 e. The number of amides is 1. The van der Waals surface area contributed by atoms with Crippen LogP contribution in [0.25, 0.3) is 10.9 Å². The van der Waals surface area contributed by atoms with Gasteiger partial charge in [0.2, 0.25) is 0 Å². The largest absolute Gasteiger partial charge is 0.319 e. The van der Waals surface area contributed by atoms with Crippen LogP contribution >= 0.6 is 11.3 Å². The third-order valence-corrected chi connectivity index (χ3v) is 3.21. The van der Waals surface area contributed by atoms with Gasteiger partial charge in [-0.25, -0.2) is 4.98 Å². The van der Waals surface area contributed by atoms with Crippen LogP contribution < -0.4 is 5.32 Å². The molecule has 2 heterocycles. The van der Waals surface area contributed by atoms with Gasteiger partial charge < -0.3 is 5.32 Å². The summed E-state index contributed by atoms with van der Waals surface area (Å²) in [6.45, 7) is 0. The molecule has 0 aliphatic rings. The normalized spacial score (nSPS) is 10.3. The van der Waals surface area contributed by atoms with Gasteiger partial charge in [0.1, 0.15) is 11.2 Å². The fourth-order valence-electron chi connectivity index (χ4n) is 1.79. The number of fused-ring (bicyclic) bond motifs is 1. The average Bonchev–Trinajstić information content (AvgIpc) is 3.08. The summed E-state index contributed by atoms with van der Waals surface area (Å²) in [7, 11) is 0. The predicted molar refractivity (Wildman–Crippen MR) is 74.0 cm³/mol. The maximum absolute atomic E-state index is 12.0. The Morgan fingerprint density at radius 3 is 3.11 bits per heavy atom. The van der Waals surface area contributed by atoms with Gasteiger partial charge in [-0.15, -0.1) is 11.3 Å². The topological polar surface area (TPSA) is 59.8 Å². The van der Waals surface area contributed by atoms with Crippen LogP contribution in [0.5, 0.6) is 0 Å². The Labute approximate surface area is 112 Å². The van der Waals surface area contributed by atoms with Crippen LogP contribution in [-0.2, 0) is 0 Å². The first-order valence-corrected chi connectivity index (χ1v) is 6.37. The summed E-state index contributed by atoms with van der Waals surface area (Å²) < 4.78 is 1.39. The zero-order valence-electron chi connectivity index (χ0n) is 9.70. The molecule has 6 heteroatoms. The summed E-state index contributed by atoms with van der Waals surface area (Å²) in [5, 5.41) is 9.42. The predicted octanol–water partition coefficient (Wildman–Crippen LogP) is 2.18. The van der Waals surface area contributed by atoms with Crippen LogP contribution in [0.2, 0.25) is 0 Å². The molecule has 3 aromatic rings. The lowest BCUT2D eigenvalue weighted by molar-refractivity contribution is 0.102. The van der Waals surface area contributed by atoms with Gasteiger partial charge in [0, 0.05) is 16.8 Å². The summed E-state index contributed by atoms with van der Waals surface area (Å²) in [6.07, 6.45) is 7.04. The fraction of sp³-hybridized carbons (Fsp3) is 0. The van der Waals surface area contributed by atoms with E-state index >= 15 is 0 Å². The summed E-state index contributed by atoms with van der Waals surface area (Å²) in [6, 6.07) is 7.94. The van der Waals surface area contributed by atoms with Gasteiger partial charge in [-0.05, 0) is 6.07 Å². The van der Waals surface area contributed by atoms with Crippen molar-refractivity contribution >= 4 is 33.8 Å². The van der Waals surface area contributed by atoms with Gasteiger partial charge in [0.25, 0.3) is 5.91 Å². The molecule has 3 rings (SSSR count). The Balaban J connectivity index is 2.04. The standard InChI is InChI=1S/C13H8N4OS/c1-2-17-12-9(6-15-17)4-3-5-10(12)16-13(18)11-7-19-8-14-11/h1,3-8H,(H,16,18). The SMILES string of the molecule is C#Cn1ncc2cccc(NC(=O)c3cscn3)c21. The molecule has 2 aromatic heterocycles. The number of nitrogens with one attached hydrogen (secondary N) is 1. The first-order valence-electron chi connectivity index (χ1n) is 5.42. The van der Waals surface area contributed by atoms with Crippen molar-refractivity contribution in [2.75, 3.05) is 5.32 Å². The molecule has 0 radical (unpaired) electrons. The van der Waals surface area contributed by atoms with E-state index < -0.39 is 0 Å². The van der Waals surface area contributed by atoms with Crippen LogP contribution in [0, 0.1) is 12.5 Å². The van der Waals surface area contributed by atoms with E-state index in [0.717, 1.165) is 5.39 Å². The number of carbonyl (C=O) groups is 1. The zero-order chi connectivity index (χ0) is 13.2. The number of aromatic nitrogens is 3. The van der Waals surface area contributed by atoms with Gasteiger partial charge in [-0.2, -0.15) is 9.78 Å². The molecule has 0 spiro atoms. The highest BCUT2D eigenvalue weighted by atomic mass is 32.1. The maximum Gasteiger partial charge on any atom is 0.275 e. The van der Waals surface area contributed by atoms with Crippen LogP contribution in [0.3, 0.4) is 0 Å². The monoisotopic (exact) mass is 268 g/mol. The molecule has 0 aliphatic heterocycles. The molecule has 0 saturated carbocycles. The number of thiazole rings is 1. The number of hydrogen-bond donors (Lipinski definition) is 1. The molecule has 0 aliphatic carbocycles. The number of terminal acetylenes is 1. The molecule has 92 valence electrons. The summed E-state index contributed by atoms with van der Waals surface area (Å²) in [5.41, 5.74) is 3.31. The molecule has 5 nitrogen and oxygen atoms in total. The van der Waals surface area contributed by atoms with Crippen LogP contribution in [0.4, 0.5) is 5.69 Å². The van der Waals surface area contributed by atoms with Crippen LogP contribution in [-0.4, -0.2) is 20.7 Å².